The molecule has 4 bridgehead atoms. The van der Waals surface area contributed by atoms with Crippen LogP contribution in [0.15, 0.2) is 30.5 Å². The molecule has 1 aromatic carbocycles. The minimum atomic E-state index is 0.220. The summed E-state index contributed by atoms with van der Waals surface area (Å²) in [6, 6.07) is 11.8. The van der Waals surface area contributed by atoms with Crippen LogP contribution in [0.25, 0.3) is 0 Å². The molecule has 8 nitrogen and oxygen atoms in total. The fourth-order valence-corrected chi connectivity index (χ4v) is 8.66. The number of aliphatic hydroxyl groups is 1. The molecule has 5 fully saturated rings. The van der Waals surface area contributed by atoms with Gasteiger partial charge < -0.3 is 26.4 Å². The van der Waals surface area contributed by atoms with Gasteiger partial charge in [0.05, 0.1) is 12.8 Å². The lowest BCUT2D eigenvalue weighted by Crippen LogP contribution is -2.61. The Morgan fingerprint density at radius 1 is 1.02 bits per heavy atom. The third-order valence-electron chi connectivity index (χ3n) is 10.0. The number of nitrogens with zero attached hydrogens (tertiary/aromatic N) is 3. The van der Waals surface area contributed by atoms with Crippen molar-refractivity contribution in [3.05, 3.63) is 46.6 Å². The summed E-state index contributed by atoms with van der Waals surface area (Å²) >= 11 is 6.31. The maximum Gasteiger partial charge on any atom is 0.224 e. The molecule has 214 valence electrons. The van der Waals surface area contributed by atoms with E-state index in [2.05, 4.69) is 32.3 Å². The fourth-order valence-electron chi connectivity index (χ4n) is 8.46. The third kappa shape index (κ3) is 6.08. The van der Waals surface area contributed by atoms with Gasteiger partial charge in [-0.2, -0.15) is 10.2 Å². The van der Waals surface area contributed by atoms with Gasteiger partial charge in [0.25, 0.3) is 0 Å². The van der Waals surface area contributed by atoms with Gasteiger partial charge in [-0.25, -0.2) is 4.98 Å². The first-order chi connectivity index (χ1) is 19.5. The Labute approximate surface area is 242 Å². The molecule has 1 aromatic heterocycles. The molecule has 5 saturated carbocycles. The lowest BCUT2D eigenvalue weighted by Gasteiger charge is -2.61. The van der Waals surface area contributed by atoms with Gasteiger partial charge in [0.15, 0.2) is 0 Å². The second-order valence-electron chi connectivity index (χ2n) is 12.8. The van der Waals surface area contributed by atoms with Crippen LogP contribution in [0, 0.1) is 34.5 Å². The standard InChI is InChI=1S/C31H42ClN7O/c32-27-4-2-1-3-21(27)17-35-30-36-18-24(16-33)29(39-30)37-19-31-13-20-11-22(14-31)28(23(12-20)15-31)38-26-7-5-25(6-8-26)34-9-10-40/h1-4,18,20,22-23,25-26,28,34,38,40H,5-15,17,19H2,(H2,35,36,37,39)/t20?,22-,23+,25?,26?,28?,31?. The smallest absolute Gasteiger partial charge is 0.224 e. The Morgan fingerprint density at radius 3 is 2.50 bits per heavy atom. The lowest BCUT2D eigenvalue weighted by atomic mass is 9.47. The molecule has 0 radical (unpaired) electrons. The van der Waals surface area contributed by atoms with Gasteiger partial charge in [-0.15, -0.1) is 0 Å². The predicted octanol–water partition coefficient (Wildman–Crippen LogP) is 4.70. The highest BCUT2D eigenvalue weighted by molar-refractivity contribution is 6.31. The summed E-state index contributed by atoms with van der Waals surface area (Å²) in [5.41, 5.74) is 1.75. The number of halogens is 1. The summed E-state index contributed by atoms with van der Waals surface area (Å²) < 4.78 is 0. The number of aliphatic hydroxyl groups excluding tert-OH is 1. The van der Waals surface area contributed by atoms with Crippen LogP contribution in [0.4, 0.5) is 11.8 Å². The Morgan fingerprint density at radius 2 is 1.77 bits per heavy atom. The van der Waals surface area contributed by atoms with E-state index in [1.54, 1.807) is 6.20 Å². The van der Waals surface area contributed by atoms with Crippen molar-refractivity contribution in [2.45, 2.75) is 82.5 Å². The zero-order valence-corrected chi connectivity index (χ0v) is 24.0. The summed E-state index contributed by atoms with van der Waals surface area (Å²) in [4.78, 5) is 9.06. The Balaban J connectivity index is 1.06. The van der Waals surface area contributed by atoms with Gasteiger partial charge in [-0.05, 0) is 92.6 Å². The molecular weight excluding hydrogens is 522 g/mol. The summed E-state index contributed by atoms with van der Waals surface area (Å²) in [7, 11) is 0. The molecule has 5 N–H and O–H groups in total. The minimum absolute atomic E-state index is 0.220. The van der Waals surface area contributed by atoms with Gasteiger partial charge in [-0.3, -0.25) is 0 Å². The summed E-state index contributed by atoms with van der Waals surface area (Å²) in [6.45, 7) is 2.31. The SMILES string of the molecule is N#Cc1cnc(NCc2ccccc2Cl)nc1NCC12CC3C[C@H](C1)C(NC1CCC(NCCO)CC1)[C@@H](C3)C2. The van der Waals surface area contributed by atoms with E-state index in [9.17, 15) is 5.26 Å². The van der Waals surface area contributed by atoms with Crippen LogP contribution in [0.3, 0.4) is 0 Å². The van der Waals surface area contributed by atoms with E-state index in [1.807, 2.05) is 24.3 Å². The normalized spacial score (nSPS) is 32.5. The van der Waals surface area contributed by atoms with Crippen molar-refractivity contribution in [3.8, 4) is 6.07 Å². The van der Waals surface area contributed by atoms with Crippen molar-refractivity contribution < 1.29 is 5.11 Å². The van der Waals surface area contributed by atoms with E-state index in [-0.39, 0.29) is 12.0 Å². The monoisotopic (exact) mass is 563 g/mol. The van der Waals surface area contributed by atoms with E-state index >= 15 is 0 Å². The topological polar surface area (TPSA) is 118 Å². The van der Waals surface area contributed by atoms with Gasteiger partial charge in [0.2, 0.25) is 5.95 Å². The van der Waals surface area contributed by atoms with Crippen LogP contribution in [-0.4, -0.2) is 52.9 Å². The largest absolute Gasteiger partial charge is 0.395 e. The molecule has 1 heterocycles. The van der Waals surface area contributed by atoms with E-state index in [0.717, 1.165) is 29.9 Å². The molecule has 0 amide bonds. The molecule has 5 atom stereocenters. The molecule has 9 heteroatoms. The minimum Gasteiger partial charge on any atom is -0.395 e. The highest BCUT2D eigenvalue weighted by Crippen LogP contribution is 2.60. The van der Waals surface area contributed by atoms with Gasteiger partial charge >= 0.3 is 0 Å². The summed E-state index contributed by atoms with van der Waals surface area (Å²) in [6.07, 6.45) is 13.0. The predicted molar refractivity (Wildman–Crippen MR) is 158 cm³/mol. The lowest BCUT2D eigenvalue weighted by molar-refractivity contribution is -0.0730. The van der Waals surface area contributed by atoms with Crippen LogP contribution in [0.1, 0.15) is 68.9 Å². The van der Waals surface area contributed by atoms with E-state index in [1.165, 1.54) is 57.8 Å². The molecule has 5 aliphatic rings. The third-order valence-corrected chi connectivity index (χ3v) is 10.4. The Kier molecular flexibility index (Phi) is 8.45. The van der Waals surface area contributed by atoms with Crippen LogP contribution in [0.2, 0.25) is 5.02 Å². The summed E-state index contributed by atoms with van der Waals surface area (Å²) in [5, 5.41) is 34.0. The van der Waals surface area contributed by atoms with Crippen molar-refractivity contribution in [1.82, 2.24) is 20.6 Å². The highest BCUT2D eigenvalue weighted by Gasteiger charge is 2.55. The molecule has 0 aliphatic heterocycles. The van der Waals surface area contributed by atoms with Crippen molar-refractivity contribution in [1.29, 1.82) is 5.26 Å². The van der Waals surface area contributed by atoms with Gasteiger partial charge in [0.1, 0.15) is 17.5 Å². The molecule has 2 aromatic rings. The second-order valence-corrected chi connectivity index (χ2v) is 13.2. The van der Waals surface area contributed by atoms with Crippen LogP contribution in [0.5, 0.6) is 0 Å². The number of hydrogen-bond acceptors (Lipinski definition) is 8. The number of rotatable bonds is 11. The first kappa shape index (κ1) is 27.7. The number of aromatic nitrogens is 2. The number of benzene rings is 1. The van der Waals surface area contributed by atoms with Crippen molar-refractivity contribution in [2.24, 2.45) is 23.2 Å². The summed E-state index contributed by atoms with van der Waals surface area (Å²) in [5.74, 6) is 3.43. The zero-order valence-electron chi connectivity index (χ0n) is 23.2. The molecular formula is C31H42ClN7O. The van der Waals surface area contributed by atoms with Crippen LogP contribution in [-0.2, 0) is 6.54 Å². The molecule has 0 spiro atoms. The van der Waals surface area contributed by atoms with E-state index in [4.69, 9.17) is 21.7 Å². The number of nitrogens with one attached hydrogen (secondary N) is 4. The van der Waals surface area contributed by atoms with Crippen LogP contribution >= 0.6 is 11.6 Å². The Hall–Kier alpha value is -2.44. The van der Waals surface area contributed by atoms with Crippen molar-refractivity contribution in [3.63, 3.8) is 0 Å². The highest BCUT2D eigenvalue weighted by atomic mass is 35.5. The number of hydrogen-bond donors (Lipinski definition) is 5. The maximum absolute atomic E-state index is 9.73. The number of anilines is 2. The maximum atomic E-state index is 9.73. The molecule has 5 aliphatic carbocycles. The van der Waals surface area contributed by atoms with Gasteiger partial charge in [-0.1, -0.05) is 29.8 Å². The molecule has 7 rings (SSSR count). The quantitative estimate of drug-likeness (QED) is 0.267. The van der Waals surface area contributed by atoms with Crippen molar-refractivity contribution in [2.75, 3.05) is 30.3 Å². The Bertz CT molecular complexity index is 1190. The second kappa shape index (κ2) is 12.2. The first-order valence-corrected chi connectivity index (χ1v) is 15.5. The van der Waals surface area contributed by atoms with Crippen LogP contribution < -0.4 is 21.3 Å². The average Bonchev–Trinajstić information content (AvgIpc) is 2.97. The molecule has 40 heavy (non-hydrogen) atoms. The molecule has 0 saturated heterocycles. The fraction of sp³-hybridized carbons (Fsp3) is 0.645. The molecule has 3 unspecified atom stereocenters. The average molecular weight is 564 g/mol. The van der Waals surface area contributed by atoms with Gasteiger partial charge in [0, 0.05) is 42.8 Å². The van der Waals surface area contributed by atoms with Crippen molar-refractivity contribution >= 4 is 23.4 Å². The first-order valence-electron chi connectivity index (χ1n) is 15.1. The number of nitriles is 1. The van der Waals surface area contributed by atoms with E-state index in [0.29, 0.717) is 53.6 Å². The van der Waals surface area contributed by atoms with E-state index < -0.39 is 0 Å². The zero-order chi connectivity index (χ0) is 27.5.